The number of nitrogens with one attached hydrogen (secondary N) is 3. The molecule has 0 spiro atoms. The highest BCUT2D eigenvalue weighted by Gasteiger charge is 2.42. The van der Waals surface area contributed by atoms with Crippen molar-refractivity contribution in [3.63, 3.8) is 0 Å². The van der Waals surface area contributed by atoms with Crippen LogP contribution in [0.2, 0.25) is 0 Å². The summed E-state index contributed by atoms with van der Waals surface area (Å²) >= 11 is 1.91. The number of hydrogen-bond acceptors (Lipinski definition) is 4. The van der Waals surface area contributed by atoms with E-state index >= 15 is 0 Å². The summed E-state index contributed by atoms with van der Waals surface area (Å²) in [6.45, 7) is 1.04. The Balaban J connectivity index is 1.59. The predicted molar refractivity (Wildman–Crippen MR) is 76.0 cm³/mol. The summed E-state index contributed by atoms with van der Waals surface area (Å²) in [7, 11) is 0. The van der Waals surface area contributed by atoms with Crippen LogP contribution < -0.4 is 21.7 Å². The molecule has 0 unspecified atom stereocenters. The molecule has 0 aromatic heterocycles. The van der Waals surface area contributed by atoms with Gasteiger partial charge in [-0.25, -0.2) is 4.79 Å². The lowest BCUT2D eigenvalue weighted by Gasteiger charge is -2.16. The molecule has 2 heterocycles. The van der Waals surface area contributed by atoms with Gasteiger partial charge in [0, 0.05) is 30.5 Å². The Morgan fingerprint density at radius 2 is 2.26 bits per heavy atom. The molecule has 2 aliphatic heterocycles. The highest BCUT2D eigenvalue weighted by atomic mass is 32.2. The number of urea groups is 1. The molecule has 0 aromatic rings. The molecule has 6 nitrogen and oxygen atoms in total. The zero-order valence-electron chi connectivity index (χ0n) is 11.0. The Morgan fingerprint density at radius 3 is 3.05 bits per heavy atom. The monoisotopic (exact) mass is 286 g/mol. The largest absolute Gasteiger partial charge is 0.355 e. The number of carbonyl (C=O) groups is 2. The van der Waals surface area contributed by atoms with Crippen molar-refractivity contribution in [3.05, 3.63) is 0 Å². The van der Waals surface area contributed by atoms with Crippen LogP contribution in [0.4, 0.5) is 4.79 Å². The third kappa shape index (κ3) is 4.01. The maximum Gasteiger partial charge on any atom is 0.315 e. The van der Waals surface area contributed by atoms with Crippen LogP contribution in [0.25, 0.3) is 0 Å². The van der Waals surface area contributed by atoms with Gasteiger partial charge in [0.15, 0.2) is 0 Å². The number of hydrogen-bond donors (Lipinski definition) is 4. The van der Waals surface area contributed by atoms with Crippen molar-refractivity contribution >= 4 is 23.7 Å². The summed E-state index contributed by atoms with van der Waals surface area (Å²) in [6, 6.07) is 0.514. The number of unbranched alkanes of at least 4 members (excludes halogenated alkanes) is 1. The van der Waals surface area contributed by atoms with Crippen LogP contribution >= 0.6 is 11.8 Å². The standard InChI is InChI=1S/C12H22N4O2S/c13-5-6-14-10(17)4-2-1-3-9-11-8(7-19-9)15-12(18)16-11/h8-9,11H,1-7,13H2,(H,14,17)(H2,15,16,18)/t8-,9+,11-/m0/s1. The molecule has 2 saturated heterocycles. The molecule has 3 atom stereocenters. The van der Waals surface area contributed by atoms with Gasteiger partial charge in [0.1, 0.15) is 0 Å². The van der Waals surface area contributed by atoms with Gasteiger partial charge in [0.2, 0.25) is 5.91 Å². The van der Waals surface area contributed by atoms with Crippen LogP contribution in [0.3, 0.4) is 0 Å². The van der Waals surface area contributed by atoms with Crippen molar-refractivity contribution in [2.45, 2.75) is 43.0 Å². The fourth-order valence-corrected chi connectivity index (χ4v) is 4.12. The number of rotatable bonds is 7. The molecule has 0 radical (unpaired) electrons. The average Bonchev–Trinajstić information content (AvgIpc) is 2.92. The van der Waals surface area contributed by atoms with Crippen LogP contribution in [0.5, 0.6) is 0 Å². The van der Waals surface area contributed by atoms with E-state index in [1.165, 1.54) is 0 Å². The molecule has 0 saturated carbocycles. The maximum atomic E-state index is 11.4. The minimum Gasteiger partial charge on any atom is -0.355 e. The highest BCUT2D eigenvalue weighted by Crippen LogP contribution is 2.33. The summed E-state index contributed by atoms with van der Waals surface area (Å²) in [6.07, 6.45) is 3.53. The molecule has 5 N–H and O–H groups in total. The fourth-order valence-electron chi connectivity index (χ4n) is 2.57. The number of amides is 3. The number of nitrogens with two attached hydrogens (primary N) is 1. The Hall–Kier alpha value is -0.950. The minimum atomic E-state index is -0.0403. The van der Waals surface area contributed by atoms with Crippen molar-refractivity contribution in [3.8, 4) is 0 Å². The van der Waals surface area contributed by atoms with E-state index in [2.05, 4.69) is 16.0 Å². The van der Waals surface area contributed by atoms with Gasteiger partial charge in [-0.2, -0.15) is 11.8 Å². The fraction of sp³-hybridized carbons (Fsp3) is 0.833. The van der Waals surface area contributed by atoms with Crippen molar-refractivity contribution in [2.24, 2.45) is 5.73 Å². The van der Waals surface area contributed by atoms with E-state index in [1.54, 1.807) is 0 Å². The first kappa shape index (κ1) is 14.5. The second-order valence-corrected chi connectivity index (χ2v) is 6.28. The van der Waals surface area contributed by atoms with Gasteiger partial charge in [-0.1, -0.05) is 6.42 Å². The normalized spacial score (nSPS) is 28.7. The van der Waals surface area contributed by atoms with E-state index in [9.17, 15) is 9.59 Å². The van der Waals surface area contributed by atoms with E-state index in [4.69, 9.17) is 5.73 Å². The molecule has 3 amide bonds. The molecule has 2 fully saturated rings. The van der Waals surface area contributed by atoms with Crippen LogP contribution in [-0.4, -0.2) is 48.1 Å². The SMILES string of the molecule is NCCNC(=O)CCCC[C@H]1SC[C@@H]2NC(=O)N[C@@H]21. The summed E-state index contributed by atoms with van der Waals surface area (Å²) < 4.78 is 0. The molecule has 7 heteroatoms. The van der Waals surface area contributed by atoms with Gasteiger partial charge < -0.3 is 21.7 Å². The molecule has 2 rings (SSSR count). The number of thioether (sulfide) groups is 1. The molecule has 0 bridgehead atoms. The molecular weight excluding hydrogens is 264 g/mol. The quantitative estimate of drug-likeness (QED) is 0.384. The first-order valence-electron chi connectivity index (χ1n) is 6.86. The lowest BCUT2D eigenvalue weighted by molar-refractivity contribution is -0.121. The third-order valence-corrected chi connectivity index (χ3v) is 5.06. The Bertz CT molecular complexity index is 340. The van der Waals surface area contributed by atoms with Gasteiger partial charge in [0.25, 0.3) is 0 Å². The maximum absolute atomic E-state index is 11.4. The molecular formula is C12H22N4O2S. The van der Waals surface area contributed by atoms with Gasteiger partial charge in [0.05, 0.1) is 12.1 Å². The van der Waals surface area contributed by atoms with Crippen molar-refractivity contribution < 1.29 is 9.59 Å². The highest BCUT2D eigenvalue weighted by molar-refractivity contribution is 8.00. The lowest BCUT2D eigenvalue weighted by Crippen LogP contribution is -2.36. The topological polar surface area (TPSA) is 96.2 Å². The van der Waals surface area contributed by atoms with E-state index < -0.39 is 0 Å². The molecule has 2 aliphatic rings. The average molecular weight is 286 g/mol. The van der Waals surface area contributed by atoms with Crippen molar-refractivity contribution in [1.29, 1.82) is 0 Å². The number of fused-ring (bicyclic) bond motifs is 1. The van der Waals surface area contributed by atoms with Crippen LogP contribution in [0.15, 0.2) is 0 Å². The second kappa shape index (κ2) is 7.00. The Labute approximate surface area is 117 Å². The first-order chi connectivity index (χ1) is 9.20. The minimum absolute atomic E-state index is 0.0403. The zero-order valence-corrected chi connectivity index (χ0v) is 11.8. The summed E-state index contributed by atoms with van der Waals surface area (Å²) in [5.41, 5.74) is 5.32. The van der Waals surface area contributed by atoms with Crippen molar-refractivity contribution in [2.75, 3.05) is 18.8 Å². The Morgan fingerprint density at radius 1 is 1.42 bits per heavy atom. The van der Waals surface area contributed by atoms with E-state index in [0.29, 0.717) is 24.8 Å². The van der Waals surface area contributed by atoms with E-state index in [-0.39, 0.29) is 24.0 Å². The van der Waals surface area contributed by atoms with Gasteiger partial charge in [-0.05, 0) is 12.8 Å². The third-order valence-electron chi connectivity index (χ3n) is 3.55. The van der Waals surface area contributed by atoms with Crippen LogP contribution in [-0.2, 0) is 4.79 Å². The summed E-state index contributed by atoms with van der Waals surface area (Å²) in [5, 5.41) is 9.16. The van der Waals surface area contributed by atoms with Gasteiger partial charge in [-0.15, -0.1) is 0 Å². The Kier molecular flexibility index (Phi) is 5.33. The van der Waals surface area contributed by atoms with E-state index in [0.717, 1.165) is 25.0 Å². The van der Waals surface area contributed by atoms with E-state index in [1.807, 2.05) is 11.8 Å². The molecule has 108 valence electrons. The predicted octanol–water partition coefficient (Wildman–Crippen LogP) is -0.213. The molecule has 0 aliphatic carbocycles. The van der Waals surface area contributed by atoms with Crippen molar-refractivity contribution in [1.82, 2.24) is 16.0 Å². The molecule has 0 aromatic carbocycles. The van der Waals surface area contributed by atoms with Crippen LogP contribution in [0, 0.1) is 0 Å². The van der Waals surface area contributed by atoms with Crippen LogP contribution in [0.1, 0.15) is 25.7 Å². The number of carbonyl (C=O) groups excluding carboxylic acids is 2. The second-order valence-electron chi connectivity index (χ2n) is 5.01. The van der Waals surface area contributed by atoms with Gasteiger partial charge >= 0.3 is 6.03 Å². The first-order valence-corrected chi connectivity index (χ1v) is 7.91. The van der Waals surface area contributed by atoms with Gasteiger partial charge in [-0.3, -0.25) is 4.79 Å². The lowest BCUT2D eigenvalue weighted by atomic mass is 10.0. The smallest absolute Gasteiger partial charge is 0.315 e. The molecule has 19 heavy (non-hydrogen) atoms. The summed E-state index contributed by atoms with van der Waals surface area (Å²) in [4.78, 5) is 22.6. The summed E-state index contributed by atoms with van der Waals surface area (Å²) in [5.74, 6) is 1.07. The zero-order chi connectivity index (χ0) is 13.7.